The van der Waals surface area contributed by atoms with E-state index in [0.717, 1.165) is 0 Å². The summed E-state index contributed by atoms with van der Waals surface area (Å²) in [6.45, 7) is 0. The number of halogens is 2. The van der Waals surface area contributed by atoms with Gasteiger partial charge in [-0.25, -0.2) is 8.78 Å². The molecule has 1 atom stereocenters. The van der Waals surface area contributed by atoms with Crippen LogP contribution in [0.3, 0.4) is 0 Å². The zero-order valence-electron chi connectivity index (χ0n) is 15.0. The van der Waals surface area contributed by atoms with Crippen LogP contribution in [0.1, 0.15) is 17.2 Å². The van der Waals surface area contributed by atoms with Crippen LogP contribution in [0.4, 0.5) is 14.5 Å². The molecule has 4 rings (SSSR count). The minimum atomic E-state index is -0.985. The number of amides is 1. The Labute approximate surface area is 165 Å². The number of carbonyl (C=O) groups excluding carboxylic acids is 2. The lowest BCUT2D eigenvalue weighted by Gasteiger charge is -2.25. The smallest absolute Gasteiger partial charge is 0.300 e. The third-order valence-electron chi connectivity index (χ3n) is 4.78. The van der Waals surface area contributed by atoms with Crippen LogP contribution in [0, 0.1) is 11.6 Å². The molecule has 1 N–H and O–H groups in total. The van der Waals surface area contributed by atoms with Gasteiger partial charge in [0.2, 0.25) is 0 Å². The maximum absolute atomic E-state index is 13.5. The number of ketones is 1. The highest BCUT2D eigenvalue weighted by atomic mass is 19.1. The number of rotatable bonds is 3. The Kier molecular flexibility index (Phi) is 4.68. The molecule has 0 unspecified atom stereocenters. The number of anilines is 1. The van der Waals surface area contributed by atoms with Crippen LogP contribution in [0.25, 0.3) is 5.76 Å². The van der Waals surface area contributed by atoms with Crippen molar-refractivity contribution in [2.45, 2.75) is 6.04 Å². The summed E-state index contributed by atoms with van der Waals surface area (Å²) >= 11 is 0. The minimum Gasteiger partial charge on any atom is -0.507 e. The predicted octanol–water partition coefficient (Wildman–Crippen LogP) is 4.59. The molecule has 0 bridgehead atoms. The number of nitrogens with zero attached hydrogens (tertiary/aromatic N) is 1. The van der Waals surface area contributed by atoms with Crippen LogP contribution < -0.4 is 4.90 Å². The highest BCUT2D eigenvalue weighted by Gasteiger charge is 2.46. The Morgan fingerprint density at radius 2 is 1.34 bits per heavy atom. The summed E-state index contributed by atoms with van der Waals surface area (Å²) in [5.74, 6) is -3.03. The molecule has 0 aliphatic carbocycles. The van der Waals surface area contributed by atoms with Crippen LogP contribution >= 0.6 is 0 Å². The number of benzene rings is 3. The maximum Gasteiger partial charge on any atom is 0.300 e. The summed E-state index contributed by atoms with van der Waals surface area (Å²) in [4.78, 5) is 26.9. The fraction of sp³-hybridized carbons (Fsp3) is 0.0435. The van der Waals surface area contributed by atoms with Crippen molar-refractivity contribution in [1.82, 2.24) is 0 Å². The third-order valence-corrected chi connectivity index (χ3v) is 4.78. The van der Waals surface area contributed by atoms with Gasteiger partial charge in [-0.1, -0.05) is 42.5 Å². The molecule has 1 saturated heterocycles. The van der Waals surface area contributed by atoms with E-state index in [2.05, 4.69) is 0 Å². The molecule has 29 heavy (non-hydrogen) atoms. The molecule has 6 heteroatoms. The number of aliphatic hydroxyl groups is 1. The van der Waals surface area contributed by atoms with Gasteiger partial charge in [0.15, 0.2) is 0 Å². The lowest BCUT2D eigenvalue weighted by molar-refractivity contribution is -0.132. The maximum atomic E-state index is 13.5. The van der Waals surface area contributed by atoms with E-state index in [-0.39, 0.29) is 17.0 Å². The number of aliphatic hydroxyl groups excluding tert-OH is 1. The van der Waals surface area contributed by atoms with Gasteiger partial charge in [-0.15, -0.1) is 0 Å². The molecule has 1 fully saturated rings. The molecular weight excluding hydrogens is 376 g/mol. The molecule has 144 valence electrons. The minimum absolute atomic E-state index is 0.114. The van der Waals surface area contributed by atoms with Gasteiger partial charge in [0.05, 0.1) is 11.6 Å². The third kappa shape index (κ3) is 3.29. The Balaban J connectivity index is 1.94. The average molecular weight is 391 g/mol. The van der Waals surface area contributed by atoms with Crippen molar-refractivity contribution >= 4 is 23.1 Å². The van der Waals surface area contributed by atoms with E-state index in [4.69, 9.17) is 0 Å². The second-order valence-electron chi connectivity index (χ2n) is 6.56. The first-order valence-corrected chi connectivity index (χ1v) is 8.85. The predicted molar refractivity (Wildman–Crippen MR) is 104 cm³/mol. The Bertz CT molecular complexity index is 1110. The molecule has 1 amide bonds. The highest BCUT2D eigenvalue weighted by Crippen LogP contribution is 2.42. The summed E-state index contributed by atoms with van der Waals surface area (Å²) in [7, 11) is 0. The Hall–Kier alpha value is -3.80. The second-order valence-corrected chi connectivity index (χ2v) is 6.56. The quantitative estimate of drug-likeness (QED) is 0.404. The van der Waals surface area contributed by atoms with Crippen molar-refractivity contribution in [3.05, 3.63) is 107 Å². The van der Waals surface area contributed by atoms with Crippen molar-refractivity contribution in [2.75, 3.05) is 4.90 Å². The largest absolute Gasteiger partial charge is 0.507 e. The number of hydrogen-bond acceptors (Lipinski definition) is 3. The van der Waals surface area contributed by atoms with Crippen molar-refractivity contribution < 1.29 is 23.5 Å². The van der Waals surface area contributed by atoms with E-state index in [0.29, 0.717) is 11.1 Å². The summed E-state index contributed by atoms with van der Waals surface area (Å²) in [6, 6.07) is 17.8. The van der Waals surface area contributed by atoms with Gasteiger partial charge >= 0.3 is 0 Å². The normalized spacial score (nSPS) is 18.3. The lowest BCUT2D eigenvalue weighted by Crippen LogP contribution is -2.29. The van der Waals surface area contributed by atoms with Crippen LogP contribution in [0.15, 0.2) is 84.4 Å². The standard InChI is InChI=1S/C23H15F2NO3/c24-16-8-6-14(7-9-16)20-19(21(27)15-4-2-1-3-5-15)22(28)23(29)26(20)18-12-10-17(25)11-13-18/h1-13,20,27H/b21-19+/t20-/m0/s1. The molecule has 0 aromatic heterocycles. The molecule has 0 radical (unpaired) electrons. The molecule has 3 aromatic carbocycles. The topological polar surface area (TPSA) is 57.6 Å². The lowest BCUT2D eigenvalue weighted by atomic mass is 9.95. The summed E-state index contributed by atoms with van der Waals surface area (Å²) < 4.78 is 26.8. The monoisotopic (exact) mass is 391 g/mol. The number of hydrogen-bond donors (Lipinski definition) is 1. The van der Waals surface area contributed by atoms with Crippen molar-refractivity contribution in [3.8, 4) is 0 Å². The van der Waals surface area contributed by atoms with E-state index in [9.17, 15) is 23.5 Å². The fourth-order valence-electron chi connectivity index (χ4n) is 3.41. The number of carbonyl (C=O) groups is 2. The van der Waals surface area contributed by atoms with Gasteiger partial charge in [-0.05, 0) is 42.0 Å². The molecule has 1 aliphatic heterocycles. The molecule has 4 nitrogen and oxygen atoms in total. The number of Topliss-reactive ketones (excluding diaryl/α,β-unsaturated/α-hetero) is 1. The van der Waals surface area contributed by atoms with Crippen molar-refractivity contribution in [2.24, 2.45) is 0 Å². The first-order valence-electron chi connectivity index (χ1n) is 8.85. The van der Waals surface area contributed by atoms with Gasteiger partial charge in [0.1, 0.15) is 17.4 Å². The van der Waals surface area contributed by atoms with Crippen molar-refractivity contribution in [1.29, 1.82) is 0 Å². The summed E-state index contributed by atoms with van der Waals surface area (Å²) in [5.41, 5.74) is 0.983. The molecule has 0 saturated carbocycles. The van der Waals surface area contributed by atoms with E-state index in [1.807, 2.05) is 0 Å². The van der Waals surface area contributed by atoms with E-state index in [1.165, 1.54) is 53.4 Å². The summed E-state index contributed by atoms with van der Waals surface area (Å²) in [5, 5.41) is 10.8. The van der Waals surface area contributed by atoms with Crippen molar-refractivity contribution in [3.63, 3.8) is 0 Å². The van der Waals surface area contributed by atoms with Gasteiger partial charge in [0, 0.05) is 11.3 Å². The first kappa shape index (κ1) is 18.6. The average Bonchev–Trinajstić information content (AvgIpc) is 3.00. The molecule has 0 spiro atoms. The van der Waals surface area contributed by atoms with Gasteiger partial charge in [-0.3, -0.25) is 14.5 Å². The van der Waals surface area contributed by atoms with Crippen LogP contribution in [0.2, 0.25) is 0 Å². The van der Waals surface area contributed by atoms with E-state index < -0.39 is 29.4 Å². The molecule has 3 aromatic rings. The van der Waals surface area contributed by atoms with Crippen LogP contribution in [-0.2, 0) is 9.59 Å². The van der Waals surface area contributed by atoms with Gasteiger partial charge < -0.3 is 5.11 Å². The fourth-order valence-corrected chi connectivity index (χ4v) is 3.41. The first-order chi connectivity index (χ1) is 14.0. The molecular formula is C23H15F2NO3. The summed E-state index contributed by atoms with van der Waals surface area (Å²) in [6.07, 6.45) is 0. The highest BCUT2D eigenvalue weighted by molar-refractivity contribution is 6.51. The Morgan fingerprint density at radius 3 is 1.93 bits per heavy atom. The van der Waals surface area contributed by atoms with Crippen LogP contribution in [0.5, 0.6) is 0 Å². The van der Waals surface area contributed by atoms with Gasteiger partial charge in [0.25, 0.3) is 11.7 Å². The molecule has 1 heterocycles. The van der Waals surface area contributed by atoms with Crippen LogP contribution in [-0.4, -0.2) is 16.8 Å². The zero-order chi connectivity index (χ0) is 20.5. The zero-order valence-corrected chi connectivity index (χ0v) is 15.0. The Morgan fingerprint density at radius 1 is 0.793 bits per heavy atom. The van der Waals surface area contributed by atoms with Gasteiger partial charge in [-0.2, -0.15) is 0 Å². The second kappa shape index (κ2) is 7.31. The SMILES string of the molecule is O=C1C(=O)N(c2ccc(F)cc2)[C@@H](c2ccc(F)cc2)/C1=C(\O)c1ccccc1. The molecule has 1 aliphatic rings. The van der Waals surface area contributed by atoms with E-state index in [1.54, 1.807) is 30.3 Å². The van der Waals surface area contributed by atoms with E-state index >= 15 is 0 Å².